The van der Waals surface area contributed by atoms with Crippen LogP contribution in [-0.2, 0) is 0 Å². The lowest BCUT2D eigenvalue weighted by Crippen LogP contribution is -2.36. The van der Waals surface area contributed by atoms with E-state index in [4.69, 9.17) is 4.98 Å². The third-order valence-electron chi connectivity index (χ3n) is 5.07. The average Bonchev–Trinajstić information content (AvgIpc) is 3.34. The minimum Gasteiger partial charge on any atom is -0.394 e. The lowest BCUT2D eigenvalue weighted by Gasteiger charge is -2.13. The molecule has 30 heavy (non-hydrogen) atoms. The molecule has 0 bridgehead atoms. The van der Waals surface area contributed by atoms with Crippen molar-refractivity contribution in [2.75, 3.05) is 13.7 Å². The van der Waals surface area contributed by atoms with Gasteiger partial charge in [0.2, 0.25) is 0 Å². The highest BCUT2D eigenvalue weighted by atomic mass is 32.1. The largest absolute Gasteiger partial charge is 0.394 e. The Hall–Kier alpha value is -3.23. The van der Waals surface area contributed by atoms with Crippen molar-refractivity contribution in [3.05, 3.63) is 59.8 Å². The van der Waals surface area contributed by atoms with Gasteiger partial charge in [0.05, 0.1) is 28.6 Å². The number of benzene rings is 2. The van der Waals surface area contributed by atoms with Crippen molar-refractivity contribution < 1.29 is 14.7 Å². The SMILES string of the molecule is CC[C@@H](CO)NC(=O)c1ccc2c(c1)sc1nc(-c3ccc(C(=O)NC)cc3)cn12. The van der Waals surface area contributed by atoms with Gasteiger partial charge < -0.3 is 15.7 Å². The van der Waals surface area contributed by atoms with Gasteiger partial charge in [-0.15, -0.1) is 0 Å². The summed E-state index contributed by atoms with van der Waals surface area (Å²) in [6.07, 6.45) is 2.63. The van der Waals surface area contributed by atoms with Crippen LogP contribution in [0.1, 0.15) is 34.1 Å². The molecule has 4 aromatic rings. The van der Waals surface area contributed by atoms with Gasteiger partial charge in [-0.1, -0.05) is 30.4 Å². The summed E-state index contributed by atoms with van der Waals surface area (Å²) in [6.45, 7) is 1.84. The summed E-state index contributed by atoms with van der Waals surface area (Å²) in [5, 5.41) is 14.7. The molecule has 7 nitrogen and oxygen atoms in total. The van der Waals surface area contributed by atoms with Gasteiger partial charge in [0.15, 0.2) is 4.96 Å². The highest BCUT2D eigenvalue weighted by Gasteiger charge is 2.15. The fraction of sp³-hybridized carbons (Fsp3) is 0.227. The predicted octanol–water partition coefficient (Wildman–Crippen LogP) is 3.08. The molecule has 0 aliphatic carbocycles. The predicted molar refractivity (Wildman–Crippen MR) is 118 cm³/mol. The maximum Gasteiger partial charge on any atom is 0.251 e. The standard InChI is InChI=1S/C22H22N4O3S/c1-3-16(12-27)24-21(29)15-8-9-18-19(10-15)30-22-25-17(11-26(18)22)13-4-6-14(7-5-13)20(28)23-2/h4-11,16,27H,3,12H2,1-2H3,(H,23,28)(H,24,29)/t16-/m0/s1. The number of fused-ring (bicyclic) bond motifs is 3. The van der Waals surface area contributed by atoms with Crippen molar-refractivity contribution in [1.82, 2.24) is 20.0 Å². The van der Waals surface area contributed by atoms with Gasteiger partial charge in [-0.05, 0) is 36.8 Å². The van der Waals surface area contributed by atoms with E-state index in [0.717, 1.165) is 26.4 Å². The summed E-state index contributed by atoms with van der Waals surface area (Å²) < 4.78 is 2.97. The zero-order chi connectivity index (χ0) is 21.3. The third-order valence-corrected chi connectivity index (χ3v) is 6.09. The van der Waals surface area contributed by atoms with Gasteiger partial charge in [-0.25, -0.2) is 4.98 Å². The molecule has 0 fully saturated rings. The Kier molecular flexibility index (Phi) is 5.52. The molecule has 4 rings (SSSR count). The molecule has 2 aromatic heterocycles. The summed E-state index contributed by atoms with van der Waals surface area (Å²) in [7, 11) is 1.61. The number of hydrogen-bond acceptors (Lipinski definition) is 5. The Bertz CT molecular complexity index is 1220. The summed E-state index contributed by atoms with van der Waals surface area (Å²) in [5.74, 6) is -0.316. The molecule has 8 heteroatoms. The van der Waals surface area contributed by atoms with Crippen molar-refractivity contribution >= 4 is 38.3 Å². The molecule has 2 heterocycles. The summed E-state index contributed by atoms with van der Waals surface area (Å²) in [6, 6.07) is 12.6. The second-order valence-electron chi connectivity index (χ2n) is 6.98. The van der Waals surface area contributed by atoms with E-state index in [1.807, 2.05) is 41.8 Å². The first-order chi connectivity index (χ1) is 14.5. The number of amides is 2. The topological polar surface area (TPSA) is 95.7 Å². The number of rotatable bonds is 6. The van der Waals surface area contributed by atoms with E-state index in [9.17, 15) is 14.7 Å². The summed E-state index contributed by atoms with van der Waals surface area (Å²) in [4.78, 5) is 29.7. The van der Waals surface area contributed by atoms with Crippen LogP contribution in [0.15, 0.2) is 48.7 Å². The van der Waals surface area contributed by atoms with E-state index in [2.05, 4.69) is 10.6 Å². The molecule has 2 amide bonds. The number of aromatic nitrogens is 2. The fourth-order valence-electron chi connectivity index (χ4n) is 3.26. The van der Waals surface area contributed by atoms with E-state index >= 15 is 0 Å². The van der Waals surface area contributed by atoms with Gasteiger partial charge >= 0.3 is 0 Å². The van der Waals surface area contributed by atoms with Gasteiger partial charge in [0.1, 0.15) is 0 Å². The van der Waals surface area contributed by atoms with E-state index in [1.165, 1.54) is 11.3 Å². The van der Waals surface area contributed by atoms with E-state index < -0.39 is 0 Å². The van der Waals surface area contributed by atoms with E-state index in [0.29, 0.717) is 17.5 Å². The first-order valence-corrected chi connectivity index (χ1v) is 10.5. The molecule has 154 valence electrons. The van der Waals surface area contributed by atoms with Crippen LogP contribution in [0, 0.1) is 0 Å². The maximum absolute atomic E-state index is 12.4. The van der Waals surface area contributed by atoms with Crippen LogP contribution in [0.3, 0.4) is 0 Å². The fourth-order valence-corrected chi connectivity index (χ4v) is 4.31. The number of thiazole rings is 1. The number of carbonyl (C=O) groups is 2. The second-order valence-corrected chi connectivity index (χ2v) is 7.99. The average molecular weight is 423 g/mol. The number of nitrogens with one attached hydrogen (secondary N) is 2. The van der Waals surface area contributed by atoms with E-state index in [-0.39, 0.29) is 24.5 Å². The van der Waals surface area contributed by atoms with Crippen LogP contribution in [0.4, 0.5) is 0 Å². The van der Waals surface area contributed by atoms with Gasteiger partial charge in [0.25, 0.3) is 11.8 Å². The number of carbonyl (C=O) groups excluding carboxylic acids is 2. The molecular weight excluding hydrogens is 400 g/mol. The van der Waals surface area contributed by atoms with Crippen LogP contribution in [-0.4, -0.2) is 46.0 Å². The lowest BCUT2D eigenvalue weighted by atomic mass is 10.1. The smallest absolute Gasteiger partial charge is 0.251 e. The Morgan fingerprint density at radius 3 is 2.53 bits per heavy atom. The Labute approximate surface area is 177 Å². The molecule has 0 aliphatic heterocycles. The number of imidazole rings is 1. The van der Waals surface area contributed by atoms with Gasteiger partial charge in [-0.2, -0.15) is 0 Å². The number of aliphatic hydroxyl groups excluding tert-OH is 1. The summed E-state index contributed by atoms with van der Waals surface area (Å²) >= 11 is 1.51. The van der Waals surface area contributed by atoms with Crippen molar-refractivity contribution in [2.45, 2.75) is 19.4 Å². The Balaban J connectivity index is 1.63. The van der Waals surface area contributed by atoms with Gasteiger partial charge in [-0.3, -0.25) is 14.0 Å². The maximum atomic E-state index is 12.4. The van der Waals surface area contributed by atoms with Crippen molar-refractivity contribution in [1.29, 1.82) is 0 Å². The van der Waals surface area contributed by atoms with Crippen LogP contribution >= 0.6 is 11.3 Å². The number of aliphatic hydroxyl groups is 1. The first kappa shape index (κ1) is 20.1. The van der Waals surface area contributed by atoms with Crippen LogP contribution < -0.4 is 10.6 Å². The summed E-state index contributed by atoms with van der Waals surface area (Å²) in [5.41, 5.74) is 3.88. The van der Waals surface area contributed by atoms with Gasteiger partial charge in [0, 0.05) is 29.9 Å². The van der Waals surface area contributed by atoms with Crippen molar-refractivity contribution in [3.63, 3.8) is 0 Å². The Morgan fingerprint density at radius 2 is 1.87 bits per heavy atom. The van der Waals surface area contributed by atoms with Crippen molar-refractivity contribution in [3.8, 4) is 11.3 Å². The van der Waals surface area contributed by atoms with Crippen LogP contribution in [0.25, 0.3) is 26.4 Å². The molecule has 0 radical (unpaired) electrons. The van der Waals surface area contributed by atoms with E-state index in [1.54, 1.807) is 25.2 Å². The monoisotopic (exact) mass is 422 g/mol. The number of hydrogen-bond donors (Lipinski definition) is 3. The number of nitrogens with zero attached hydrogens (tertiary/aromatic N) is 2. The molecule has 3 N–H and O–H groups in total. The quantitative estimate of drug-likeness (QED) is 0.445. The zero-order valence-electron chi connectivity index (χ0n) is 16.7. The zero-order valence-corrected chi connectivity index (χ0v) is 17.5. The highest BCUT2D eigenvalue weighted by Crippen LogP contribution is 2.30. The molecule has 0 spiro atoms. The Morgan fingerprint density at radius 1 is 1.13 bits per heavy atom. The molecule has 0 unspecified atom stereocenters. The van der Waals surface area contributed by atoms with Crippen LogP contribution in [0.5, 0.6) is 0 Å². The normalized spacial score (nSPS) is 12.2. The second kappa shape index (κ2) is 8.25. The minimum atomic E-state index is -0.244. The third kappa shape index (κ3) is 3.67. The lowest BCUT2D eigenvalue weighted by molar-refractivity contribution is 0.0914. The molecule has 1 atom stereocenters. The minimum absolute atomic E-state index is 0.0792. The molecule has 0 aliphatic rings. The molecule has 0 saturated heterocycles. The molecule has 0 saturated carbocycles. The van der Waals surface area contributed by atoms with Crippen LogP contribution in [0.2, 0.25) is 0 Å². The molecule has 2 aromatic carbocycles. The molecular formula is C22H22N4O3S. The first-order valence-electron chi connectivity index (χ1n) is 9.70. The van der Waals surface area contributed by atoms with Crippen molar-refractivity contribution in [2.24, 2.45) is 0 Å². The highest BCUT2D eigenvalue weighted by molar-refractivity contribution is 7.23.